The van der Waals surface area contributed by atoms with E-state index in [-0.39, 0.29) is 18.0 Å². The molecule has 27 heavy (non-hydrogen) atoms. The van der Waals surface area contributed by atoms with Gasteiger partial charge in [-0.3, -0.25) is 9.48 Å². The molecule has 1 aliphatic heterocycles. The van der Waals surface area contributed by atoms with E-state index in [1.807, 2.05) is 29.2 Å². The second-order valence-corrected chi connectivity index (χ2v) is 7.27. The summed E-state index contributed by atoms with van der Waals surface area (Å²) in [6.07, 6.45) is 7.37. The van der Waals surface area contributed by atoms with Crippen molar-refractivity contribution in [3.05, 3.63) is 47.8 Å². The normalized spacial score (nSPS) is 20.9. The molecule has 1 saturated heterocycles. The molecule has 0 radical (unpaired) electrons. The molecule has 1 fully saturated rings. The minimum Gasteiger partial charge on any atom is -0.497 e. The maximum absolute atomic E-state index is 11.9. The van der Waals surface area contributed by atoms with Crippen LogP contribution in [0.5, 0.6) is 5.75 Å². The number of nitrogens with zero attached hydrogens (tertiary/aromatic N) is 2. The fraction of sp³-hybridized carbons (Fsp3) is 0.524. The van der Waals surface area contributed by atoms with Crippen LogP contribution in [0.3, 0.4) is 0 Å². The summed E-state index contributed by atoms with van der Waals surface area (Å²) in [7, 11) is 1.69. The topological polar surface area (TPSA) is 68.2 Å². The number of methoxy groups -OCH3 is 1. The molecule has 0 saturated carbocycles. The first-order valence-corrected chi connectivity index (χ1v) is 9.79. The third-order valence-corrected chi connectivity index (χ3v) is 5.26. The molecule has 0 spiro atoms. The van der Waals surface area contributed by atoms with E-state index in [2.05, 4.69) is 41.7 Å². The molecule has 1 aromatic heterocycles. The minimum absolute atomic E-state index is 0.0185. The third kappa shape index (κ3) is 5.10. The summed E-state index contributed by atoms with van der Waals surface area (Å²) in [6, 6.07) is 8.81. The Balaban J connectivity index is 1.58. The Morgan fingerprint density at radius 1 is 1.37 bits per heavy atom. The first-order valence-electron chi connectivity index (χ1n) is 9.79. The zero-order chi connectivity index (χ0) is 19.2. The minimum atomic E-state index is -0.0185. The molecule has 2 aromatic rings. The van der Waals surface area contributed by atoms with Gasteiger partial charge in [0.2, 0.25) is 5.91 Å². The summed E-state index contributed by atoms with van der Waals surface area (Å²) in [4.78, 5) is 11.9. The quantitative estimate of drug-likeness (QED) is 0.750. The SMILES string of the molecule is CCn1cc([C@@H]2NC(=O)CC[C@H]2N[C@@H](C)CCc2ccc(OC)cc2)cn1. The summed E-state index contributed by atoms with van der Waals surface area (Å²) < 4.78 is 7.12. The van der Waals surface area contributed by atoms with Crippen molar-refractivity contribution >= 4 is 5.91 Å². The van der Waals surface area contributed by atoms with E-state index in [0.29, 0.717) is 12.5 Å². The number of nitrogens with one attached hydrogen (secondary N) is 2. The van der Waals surface area contributed by atoms with Crippen LogP contribution in [0.2, 0.25) is 0 Å². The lowest BCUT2D eigenvalue weighted by Crippen LogP contribution is -2.50. The van der Waals surface area contributed by atoms with Crippen molar-refractivity contribution < 1.29 is 9.53 Å². The van der Waals surface area contributed by atoms with Crippen LogP contribution in [0, 0.1) is 0 Å². The van der Waals surface area contributed by atoms with Crippen molar-refractivity contribution in [1.29, 1.82) is 0 Å². The van der Waals surface area contributed by atoms with Crippen LogP contribution in [0.4, 0.5) is 0 Å². The van der Waals surface area contributed by atoms with E-state index >= 15 is 0 Å². The van der Waals surface area contributed by atoms with Gasteiger partial charge < -0.3 is 15.4 Å². The van der Waals surface area contributed by atoms with Gasteiger partial charge in [-0.25, -0.2) is 0 Å². The van der Waals surface area contributed by atoms with Crippen LogP contribution in [0.15, 0.2) is 36.7 Å². The van der Waals surface area contributed by atoms with E-state index in [9.17, 15) is 4.79 Å². The van der Waals surface area contributed by atoms with Crippen LogP contribution in [0.25, 0.3) is 0 Å². The van der Waals surface area contributed by atoms with Crippen molar-refractivity contribution in [2.45, 2.75) is 64.2 Å². The molecular formula is C21H30N4O2. The predicted octanol–water partition coefficient (Wildman–Crippen LogP) is 2.84. The summed E-state index contributed by atoms with van der Waals surface area (Å²) in [6.45, 7) is 5.11. The van der Waals surface area contributed by atoms with Gasteiger partial charge in [-0.2, -0.15) is 5.10 Å². The number of benzene rings is 1. The maximum Gasteiger partial charge on any atom is 0.220 e. The lowest BCUT2D eigenvalue weighted by molar-refractivity contribution is -0.124. The van der Waals surface area contributed by atoms with Crippen molar-refractivity contribution in [2.24, 2.45) is 0 Å². The molecule has 1 amide bonds. The summed E-state index contributed by atoms with van der Waals surface area (Å²) >= 11 is 0. The average Bonchev–Trinajstić information content (AvgIpc) is 3.17. The third-order valence-electron chi connectivity index (χ3n) is 5.26. The first kappa shape index (κ1) is 19.4. The van der Waals surface area contributed by atoms with Gasteiger partial charge >= 0.3 is 0 Å². The zero-order valence-corrected chi connectivity index (χ0v) is 16.4. The highest BCUT2D eigenvalue weighted by atomic mass is 16.5. The lowest BCUT2D eigenvalue weighted by atomic mass is 9.92. The van der Waals surface area contributed by atoms with E-state index in [1.165, 1.54) is 5.56 Å². The highest BCUT2D eigenvalue weighted by Gasteiger charge is 2.31. The van der Waals surface area contributed by atoms with Crippen LogP contribution in [-0.2, 0) is 17.8 Å². The second kappa shape index (κ2) is 9.04. The highest BCUT2D eigenvalue weighted by Crippen LogP contribution is 2.25. The highest BCUT2D eigenvalue weighted by molar-refractivity contribution is 5.77. The van der Waals surface area contributed by atoms with E-state index in [0.717, 1.165) is 37.1 Å². The molecule has 0 aliphatic carbocycles. The number of hydrogen-bond acceptors (Lipinski definition) is 4. The van der Waals surface area contributed by atoms with Crippen LogP contribution in [0.1, 0.15) is 50.3 Å². The summed E-state index contributed by atoms with van der Waals surface area (Å²) in [5, 5.41) is 11.2. The van der Waals surface area contributed by atoms with Crippen LogP contribution < -0.4 is 15.4 Å². The van der Waals surface area contributed by atoms with Crippen molar-refractivity contribution in [1.82, 2.24) is 20.4 Å². The van der Waals surface area contributed by atoms with Gasteiger partial charge in [-0.05, 0) is 50.8 Å². The van der Waals surface area contributed by atoms with Gasteiger partial charge in [0, 0.05) is 36.8 Å². The molecule has 1 aromatic carbocycles. The summed E-state index contributed by atoms with van der Waals surface area (Å²) in [5.74, 6) is 1.01. The second-order valence-electron chi connectivity index (χ2n) is 7.27. The molecule has 6 nitrogen and oxygen atoms in total. The number of aromatic nitrogens is 2. The maximum atomic E-state index is 11.9. The van der Waals surface area contributed by atoms with Gasteiger partial charge in [0.15, 0.2) is 0 Å². The van der Waals surface area contributed by atoms with Crippen LogP contribution >= 0.6 is 0 Å². The van der Waals surface area contributed by atoms with Crippen molar-refractivity contribution in [3.63, 3.8) is 0 Å². The smallest absolute Gasteiger partial charge is 0.220 e. The molecule has 2 heterocycles. The zero-order valence-electron chi connectivity index (χ0n) is 16.4. The standard InChI is InChI=1S/C21H30N4O2/c1-4-25-14-17(13-22-25)21-19(11-12-20(26)24-21)23-15(2)5-6-16-7-9-18(27-3)10-8-16/h7-10,13-15,19,21,23H,4-6,11-12H2,1-3H3,(H,24,26)/t15-,19+,21-/m0/s1. The molecule has 6 heteroatoms. The number of amides is 1. The van der Waals surface area contributed by atoms with Gasteiger partial charge in [-0.1, -0.05) is 12.1 Å². The van der Waals surface area contributed by atoms with Crippen molar-refractivity contribution in [3.8, 4) is 5.75 Å². The molecule has 0 unspecified atom stereocenters. The molecule has 3 rings (SSSR count). The number of aryl methyl sites for hydroxylation is 2. The predicted molar refractivity (Wildman–Crippen MR) is 106 cm³/mol. The first-order chi connectivity index (χ1) is 13.1. The Morgan fingerprint density at radius 2 is 2.15 bits per heavy atom. The van der Waals surface area contributed by atoms with E-state index in [4.69, 9.17) is 4.74 Å². The number of rotatable bonds is 8. The van der Waals surface area contributed by atoms with Crippen molar-refractivity contribution in [2.75, 3.05) is 7.11 Å². The Labute approximate surface area is 161 Å². The fourth-order valence-electron chi connectivity index (χ4n) is 3.63. The van der Waals surface area contributed by atoms with Crippen LogP contribution in [-0.4, -0.2) is 34.9 Å². The Hall–Kier alpha value is -2.34. The summed E-state index contributed by atoms with van der Waals surface area (Å²) in [5.41, 5.74) is 2.38. The number of carbonyl (C=O) groups excluding carboxylic acids is 1. The Bertz CT molecular complexity index is 741. The fourth-order valence-corrected chi connectivity index (χ4v) is 3.63. The van der Waals surface area contributed by atoms with Gasteiger partial charge in [0.25, 0.3) is 0 Å². The molecular weight excluding hydrogens is 340 g/mol. The average molecular weight is 370 g/mol. The Kier molecular flexibility index (Phi) is 6.50. The van der Waals surface area contributed by atoms with E-state index < -0.39 is 0 Å². The molecule has 2 N–H and O–H groups in total. The monoisotopic (exact) mass is 370 g/mol. The largest absolute Gasteiger partial charge is 0.497 e. The van der Waals surface area contributed by atoms with Gasteiger partial charge in [0.05, 0.1) is 19.3 Å². The molecule has 146 valence electrons. The van der Waals surface area contributed by atoms with Gasteiger partial charge in [0.1, 0.15) is 5.75 Å². The Morgan fingerprint density at radius 3 is 2.81 bits per heavy atom. The number of carbonyl (C=O) groups is 1. The number of ether oxygens (including phenoxy) is 1. The van der Waals surface area contributed by atoms with E-state index in [1.54, 1.807) is 7.11 Å². The number of hydrogen-bond donors (Lipinski definition) is 2. The van der Waals surface area contributed by atoms with Gasteiger partial charge in [-0.15, -0.1) is 0 Å². The molecule has 3 atom stereocenters. The molecule has 1 aliphatic rings. The molecule has 0 bridgehead atoms. The number of piperidine rings is 1. The lowest BCUT2D eigenvalue weighted by Gasteiger charge is -2.34.